The molecule has 2 aromatic rings. The molecule has 2 rings (SSSR count). The highest BCUT2D eigenvalue weighted by Crippen LogP contribution is 2.27. The van der Waals surface area contributed by atoms with Crippen LogP contribution in [0.5, 0.6) is 0 Å². The lowest BCUT2D eigenvalue weighted by molar-refractivity contribution is -0.114. The summed E-state index contributed by atoms with van der Waals surface area (Å²) in [5.41, 5.74) is 2.30. The van der Waals surface area contributed by atoms with Crippen LogP contribution in [0.2, 0.25) is 15.1 Å². The number of halogens is 3. The zero-order valence-electron chi connectivity index (χ0n) is 11.2. The molecule has 2 N–H and O–H groups in total. The highest BCUT2D eigenvalue weighted by molar-refractivity contribution is 6.34. The fourth-order valence-corrected chi connectivity index (χ4v) is 2.40. The number of hydrogen-bond donors (Lipinski definition) is 2. The van der Waals surface area contributed by atoms with Gasteiger partial charge in [0.15, 0.2) is 0 Å². The molecule has 0 radical (unpaired) electrons. The van der Waals surface area contributed by atoms with Gasteiger partial charge < -0.3 is 10.6 Å². The quantitative estimate of drug-likeness (QED) is 0.799. The van der Waals surface area contributed by atoms with Crippen molar-refractivity contribution in [3.8, 4) is 0 Å². The summed E-state index contributed by atoms with van der Waals surface area (Å²) < 4.78 is 0. The zero-order valence-corrected chi connectivity index (χ0v) is 13.5. The van der Waals surface area contributed by atoms with Crippen molar-refractivity contribution >= 4 is 52.1 Å². The molecule has 0 heterocycles. The van der Waals surface area contributed by atoms with Crippen LogP contribution in [0.3, 0.4) is 0 Å². The van der Waals surface area contributed by atoms with Crippen LogP contribution in [0.25, 0.3) is 0 Å². The summed E-state index contributed by atoms with van der Waals surface area (Å²) in [4.78, 5) is 11.0. The Kier molecular flexibility index (Phi) is 5.34. The molecule has 110 valence electrons. The van der Waals surface area contributed by atoms with E-state index >= 15 is 0 Å². The molecule has 0 fully saturated rings. The zero-order chi connectivity index (χ0) is 15.4. The second-order valence-corrected chi connectivity index (χ2v) is 5.72. The third-order valence-electron chi connectivity index (χ3n) is 2.77. The Labute approximate surface area is 138 Å². The summed E-state index contributed by atoms with van der Waals surface area (Å²) in [5.74, 6) is -0.164. The number of hydrogen-bond acceptors (Lipinski definition) is 2. The molecule has 0 bridgehead atoms. The molecule has 0 aliphatic carbocycles. The average molecular weight is 344 g/mol. The highest BCUT2D eigenvalue weighted by atomic mass is 35.5. The van der Waals surface area contributed by atoms with Crippen molar-refractivity contribution in [2.45, 2.75) is 13.5 Å². The van der Waals surface area contributed by atoms with Crippen molar-refractivity contribution in [2.24, 2.45) is 0 Å². The molecule has 1 amide bonds. The number of carbonyl (C=O) groups is 1. The van der Waals surface area contributed by atoms with Gasteiger partial charge >= 0.3 is 0 Å². The number of carbonyl (C=O) groups excluding carboxylic acids is 1. The smallest absolute Gasteiger partial charge is 0.221 e. The Bertz CT molecular complexity index is 674. The van der Waals surface area contributed by atoms with Gasteiger partial charge in [-0.2, -0.15) is 0 Å². The molecular formula is C15H13Cl3N2O. The Hall–Kier alpha value is -1.42. The number of nitrogens with one attached hydrogen (secondary N) is 2. The molecule has 0 aliphatic rings. The molecule has 6 heteroatoms. The van der Waals surface area contributed by atoms with Gasteiger partial charge in [-0.05, 0) is 42.0 Å². The first kappa shape index (κ1) is 16.0. The summed E-state index contributed by atoms with van der Waals surface area (Å²) in [6.45, 7) is 1.96. The van der Waals surface area contributed by atoms with Crippen molar-refractivity contribution in [3.63, 3.8) is 0 Å². The van der Waals surface area contributed by atoms with Crippen LogP contribution in [-0.4, -0.2) is 5.91 Å². The minimum atomic E-state index is -0.164. The van der Waals surface area contributed by atoms with Crippen LogP contribution in [0.1, 0.15) is 12.5 Å². The molecule has 2 aromatic carbocycles. The molecular weight excluding hydrogens is 331 g/mol. The van der Waals surface area contributed by atoms with E-state index in [2.05, 4.69) is 10.6 Å². The van der Waals surface area contributed by atoms with Gasteiger partial charge in [-0.3, -0.25) is 4.79 Å². The third kappa shape index (κ3) is 4.53. The van der Waals surface area contributed by atoms with E-state index in [9.17, 15) is 4.79 Å². The lowest BCUT2D eigenvalue weighted by atomic mass is 10.2. The summed E-state index contributed by atoms with van der Waals surface area (Å²) in [7, 11) is 0. The topological polar surface area (TPSA) is 41.1 Å². The summed E-state index contributed by atoms with van der Waals surface area (Å²) in [5, 5.41) is 7.61. The lowest BCUT2D eigenvalue weighted by Gasteiger charge is -2.11. The van der Waals surface area contributed by atoms with E-state index < -0.39 is 0 Å². The van der Waals surface area contributed by atoms with E-state index in [-0.39, 0.29) is 5.91 Å². The maximum Gasteiger partial charge on any atom is 0.221 e. The number of amides is 1. The molecule has 0 saturated heterocycles. The van der Waals surface area contributed by atoms with Crippen molar-refractivity contribution in [2.75, 3.05) is 10.6 Å². The standard InChI is InChI=1S/C15H13Cl3N2O/c1-9(21)20-15-5-3-12(7-14(15)18)19-8-10-6-11(16)2-4-13(10)17/h2-7,19H,8H2,1H3,(H,20,21). The van der Waals surface area contributed by atoms with E-state index in [0.717, 1.165) is 11.3 Å². The Morgan fingerprint density at radius 2 is 1.81 bits per heavy atom. The molecule has 3 nitrogen and oxygen atoms in total. The van der Waals surface area contributed by atoms with E-state index in [1.807, 2.05) is 12.1 Å². The van der Waals surface area contributed by atoms with Gasteiger partial charge in [0.1, 0.15) is 0 Å². The van der Waals surface area contributed by atoms with Crippen LogP contribution in [0.4, 0.5) is 11.4 Å². The first-order valence-electron chi connectivity index (χ1n) is 6.20. The van der Waals surface area contributed by atoms with Gasteiger partial charge in [0.05, 0.1) is 10.7 Å². The van der Waals surface area contributed by atoms with Gasteiger partial charge in [0.2, 0.25) is 5.91 Å². The molecule has 0 aliphatic heterocycles. The number of anilines is 2. The van der Waals surface area contributed by atoms with Crippen LogP contribution >= 0.6 is 34.8 Å². The minimum Gasteiger partial charge on any atom is -0.381 e. The second kappa shape index (κ2) is 7.03. The van der Waals surface area contributed by atoms with Crippen LogP contribution in [0, 0.1) is 0 Å². The van der Waals surface area contributed by atoms with Gasteiger partial charge in [0.25, 0.3) is 0 Å². The van der Waals surface area contributed by atoms with E-state index in [4.69, 9.17) is 34.8 Å². The third-order valence-corrected chi connectivity index (χ3v) is 3.69. The van der Waals surface area contributed by atoms with Crippen LogP contribution in [-0.2, 0) is 11.3 Å². The average Bonchev–Trinajstić information content (AvgIpc) is 2.42. The fraction of sp³-hybridized carbons (Fsp3) is 0.133. The molecule has 21 heavy (non-hydrogen) atoms. The predicted octanol–water partition coefficient (Wildman–Crippen LogP) is 5.22. The molecule has 0 unspecified atom stereocenters. The Morgan fingerprint density at radius 1 is 1.05 bits per heavy atom. The summed E-state index contributed by atoms with van der Waals surface area (Å²) >= 11 is 18.2. The first-order chi connectivity index (χ1) is 9.95. The van der Waals surface area contributed by atoms with Gasteiger partial charge in [0, 0.05) is 29.2 Å². The maximum absolute atomic E-state index is 11.0. The van der Waals surface area contributed by atoms with E-state index in [0.29, 0.717) is 27.3 Å². The number of rotatable bonds is 4. The summed E-state index contributed by atoms with van der Waals surface area (Å²) in [6, 6.07) is 10.6. The monoisotopic (exact) mass is 342 g/mol. The van der Waals surface area contributed by atoms with Crippen molar-refractivity contribution < 1.29 is 4.79 Å². The van der Waals surface area contributed by atoms with Crippen LogP contribution < -0.4 is 10.6 Å². The van der Waals surface area contributed by atoms with Gasteiger partial charge in [-0.1, -0.05) is 34.8 Å². The van der Waals surface area contributed by atoms with E-state index in [1.54, 1.807) is 24.3 Å². The lowest BCUT2D eigenvalue weighted by Crippen LogP contribution is -2.06. The summed E-state index contributed by atoms with van der Waals surface area (Å²) in [6.07, 6.45) is 0. The van der Waals surface area contributed by atoms with Crippen LogP contribution in [0.15, 0.2) is 36.4 Å². The highest BCUT2D eigenvalue weighted by Gasteiger charge is 2.05. The molecule has 0 saturated carbocycles. The van der Waals surface area contributed by atoms with Crippen molar-refractivity contribution in [3.05, 3.63) is 57.0 Å². The first-order valence-corrected chi connectivity index (χ1v) is 7.34. The maximum atomic E-state index is 11.0. The largest absolute Gasteiger partial charge is 0.381 e. The second-order valence-electron chi connectivity index (χ2n) is 4.47. The van der Waals surface area contributed by atoms with E-state index in [1.165, 1.54) is 6.92 Å². The Balaban J connectivity index is 2.08. The molecule has 0 atom stereocenters. The SMILES string of the molecule is CC(=O)Nc1ccc(NCc2cc(Cl)ccc2Cl)cc1Cl. The normalized spacial score (nSPS) is 10.3. The fourth-order valence-electron chi connectivity index (χ4n) is 1.79. The minimum absolute atomic E-state index is 0.164. The van der Waals surface area contributed by atoms with Crippen molar-refractivity contribution in [1.29, 1.82) is 0 Å². The van der Waals surface area contributed by atoms with Gasteiger partial charge in [-0.25, -0.2) is 0 Å². The molecule has 0 spiro atoms. The number of benzene rings is 2. The predicted molar refractivity (Wildman–Crippen MR) is 89.5 cm³/mol. The molecule has 0 aromatic heterocycles. The Morgan fingerprint density at radius 3 is 2.48 bits per heavy atom. The van der Waals surface area contributed by atoms with Gasteiger partial charge in [-0.15, -0.1) is 0 Å². The van der Waals surface area contributed by atoms with Crippen molar-refractivity contribution in [1.82, 2.24) is 0 Å².